The van der Waals surface area contributed by atoms with Gasteiger partial charge in [-0.15, -0.1) is 0 Å². The minimum absolute atomic E-state index is 0.426. The normalized spacial score (nSPS) is 19.8. The van der Waals surface area contributed by atoms with Crippen LogP contribution in [0.15, 0.2) is 48.5 Å². The van der Waals surface area contributed by atoms with Gasteiger partial charge in [0.1, 0.15) is 0 Å². The van der Waals surface area contributed by atoms with E-state index in [1.54, 1.807) is 0 Å². The first-order valence-electron chi connectivity index (χ1n) is 7.04. The number of hydrogen-bond acceptors (Lipinski definition) is 0. The molecule has 0 bridgehead atoms. The lowest BCUT2D eigenvalue weighted by atomic mass is 9.79. The lowest BCUT2D eigenvalue weighted by Gasteiger charge is -2.29. The second-order valence-electron chi connectivity index (χ2n) is 5.51. The lowest BCUT2D eigenvalue weighted by Crippen LogP contribution is -2.13. The highest BCUT2D eigenvalue weighted by Gasteiger charge is 2.26. The summed E-state index contributed by atoms with van der Waals surface area (Å²) < 4.78 is 0. The van der Waals surface area contributed by atoms with Gasteiger partial charge in [-0.3, -0.25) is 0 Å². The summed E-state index contributed by atoms with van der Waals surface area (Å²) in [6, 6.07) is 17.9. The van der Waals surface area contributed by atoms with E-state index in [1.807, 2.05) is 0 Å². The Morgan fingerprint density at radius 2 is 1.79 bits per heavy atom. The summed E-state index contributed by atoms with van der Waals surface area (Å²) in [5.41, 5.74) is 5.80. The quantitative estimate of drug-likeness (QED) is 0.637. The Labute approximate surface area is 124 Å². The molecule has 2 unspecified atom stereocenters. The molecule has 0 nitrogen and oxygen atoms in total. The Bertz CT molecular complexity index is 556. The molecule has 0 heterocycles. The van der Waals surface area contributed by atoms with Crippen LogP contribution in [0.5, 0.6) is 0 Å². The largest absolute Gasteiger partial charge is 0.0832 e. The first kappa shape index (κ1) is 12.9. The number of halogens is 1. The third-order valence-electron chi connectivity index (χ3n) is 4.16. The Morgan fingerprint density at radius 3 is 2.58 bits per heavy atom. The van der Waals surface area contributed by atoms with Crippen LogP contribution in [0.2, 0.25) is 0 Å². The number of aryl methyl sites for hydroxylation is 2. The van der Waals surface area contributed by atoms with E-state index >= 15 is 0 Å². The summed E-state index contributed by atoms with van der Waals surface area (Å²) >= 11 is 3.94. The van der Waals surface area contributed by atoms with Gasteiger partial charge in [-0.25, -0.2) is 0 Å². The molecular formula is C18H19Br. The zero-order valence-electron chi connectivity index (χ0n) is 11.3. The second-order valence-corrected chi connectivity index (χ2v) is 6.50. The van der Waals surface area contributed by atoms with E-state index in [-0.39, 0.29) is 0 Å². The van der Waals surface area contributed by atoms with E-state index in [9.17, 15) is 0 Å². The van der Waals surface area contributed by atoms with Crippen LogP contribution in [0.1, 0.15) is 45.8 Å². The molecule has 2 aromatic carbocycles. The Kier molecular flexibility index (Phi) is 3.74. The lowest BCUT2D eigenvalue weighted by molar-refractivity contribution is 0.547. The van der Waals surface area contributed by atoms with Crippen molar-refractivity contribution in [3.8, 4) is 0 Å². The van der Waals surface area contributed by atoms with Crippen LogP contribution in [0.25, 0.3) is 0 Å². The second kappa shape index (κ2) is 5.50. The molecule has 98 valence electrons. The van der Waals surface area contributed by atoms with E-state index < -0.39 is 0 Å². The molecule has 3 rings (SSSR count). The van der Waals surface area contributed by atoms with E-state index in [4.69, 9.17) is 0 Å². The molecule has 0 spiro atoms. The van der Waals surface area contributed by atoms with Gasteiger partial charge in [0.25, 0.3) is 0 Å². The van der Waals surface area contributed by atoms with E-state index in [2.05, 4.69) is 71.4 Å². The predicted octanol–water partition coefficient (Wildman–Crippen LogP) is 5.55. The maximum atomic E-state index is 3.94. The summed E-state index contributed by atoms with van der Waals surface area (Å²) in [7, 11) is 0. The highest BCUT2D eigenvalue weighted by Crippen LogP contribution is 2.44. The maximum absolute atomic E-state index is 3.94. The van der Waals surface area contributed by atoms with Crippen LogP contribution in [-0.2, 0) is 6.42 Å². The van der Waals surface area contributed by atoms with Crippen molar-refractivity contribution >= 4 is 15.9 Å². The number of benzene rings is 2. The van der Waals surface area contributed by atoms with Crippen LogP contribution >= 0.6 is 15.9 Å². The third kappa shape index (κ3) is 2.62. The van der Waals surface area contributed by atoms with Crippen LogP contribution in [0.4, 0.5) is 0 Å². The van der Waals surface area contributed by atoms with Gasteiger partial charge in [-0.1, -0.05) is 70.0 Å². The first-order valence-corrected chi connectivity index (χ1v) is 7.96. The highest BCUT2D eigenvalue weighted by molar-refractivity contribution is 9.09. The summed E-state index contributed by atoms with van der Waals surface area (Å²) in [5, 5.41) is 0. The van der Waals surface area contributed by atoms with Gasteiger partial charge in [0.15, 0.2) is 0 Å². The minimum atomic E-state index is 0.426. The van der Waals surface area contributed by atoms with Crippen molar-refractivity contribution in [2.45, 2.75) is 36.9 Å². The van der Waals surface area contributed by atoms with Gasteiger partial charge in [0.05, 0.1) is 0 Å². The van der Waals surface area contributed by atoms with E-state index in [0.717, 1.165) is 0 Å². The number of alkyl halides is 1. The van der Waals surface area contributed by atoms with Gasteiger partial charge >= 0.3 is 0 Å². The third-order valence-corrected chi connectivity index (χ3v) is 5.33. The van der Waals surface area contributed by atoms with Crippen molar-refractivity contribution in [2.24, 2.45) is 0 Å². The van der Waals surface area contributed by atoms with Gasteiger partial charge in [-0.2, -0.15) is 0 Å². The SMILES string of the molecule is Cc1ccc(C(Br)C2CCCc3ccccc32)cc1. The molecule has 1 heteroatoms. The molecule has 0 fully saturated rings. The van der Waals surface area contributed by atoms with E-state index in [1.165, 1.54) is 41.5 Å². The van der Waals surface area contributed by atoms with Crippen molar-refractivity contribution < 1.29 is 0 Å². The van der Waals surface area contributed by atoms with Crippen LogP contribution in [-0.4, -0.2) is 0 Å². The van der Waals surface area contributed by atoms with Crippen LogP contribution < -0.4 is 0 Å². The summed E-state index contributed by atoms with van der Waals surface area (Å²) in [4.78, 5) is 0.426. The van der Waals surface area contributed by atoms with Gasteiger partial charge < -0.3 is 0 Å². The fraction of sp³-hybridized carbons (Fsp3) is 0.333. The predicted molar refractivity (Wildman–Crippen MR) is 85.0 cm³/mol. The first-order chi connectivity index (χ1) is 9.25. The van der Waals surface area contributed by atoms with Crippen LogP contribution in [0.3, 0.4) is 0 Å². The molecule has 19 heavy (non-hydrogen) atoms. The van der Waals surface area contributed by atoms with Gasteiger partial charge in [0, 0.05) is 10.7 Å². The minimum Gasteiger partial charge on any atom is -0.0832 e. The van der Waals surface area contributed by atoms with Gasteiger partial charge in [0.2, 0.25) is 0 Å². The fourth-order valence-corrected chi connectivity index (χ4v) is 3.93. The molecule has 0 aromatic heterocycles. The standard InChI is InChI=1S/C18H19Br/c1-13-9-11-15(12-10-13)18(19)17-8-4-6-14-5-2-3-7-16(14)17/h2-3,5,7,9-12,17-18H,4,6,8H2,1H3. The summed E-state index contributed by atoms with van der Waals surface area (Å²) in [5.74, 6) is 0.604. The average molecular weight is 315 g/mol. The van der Waals surface area contributed by atoms with Crippen molar-refractivity contribution in [2.75, 3.05) is 0 Å². The number of fused-ring (bicyclic) bond motifs is 1. The Balaban J connectivity index is 1.92. The smallest absolute Gasteiger partial charge is 0.0463 e. The molecule has 0 N–H and O–H groups in total. The topological polar surface area (TPSA) is 0 Å². The molecular weight excluding hydrogens is 296 g/mol. The van der Waals surface area contributed by atoms with Crippen molar-refractivity contribution in [1.29, 1.82) is 0 Å². The average Bonchev–Trinajstić information content (AvgIpc) is 2.47. The number of rotatable bonds is 2. The molecule has 1 aliphatic rings. The van der Waals surface area contributed by atoms with E-state index in [0.29, 0.717) is 10.7 Å². The summed E-state index contributed by atoms with van der Waals surface area (Å²) in [6.45, 7) is 2.14. The zero-order chi connectivity index (χ0) is 13.2. The molecule has 0 radical (unpaired) electrons. The molecule has 0 saturated carbocycles. The van der Waals surface area contributed by atoms with Crippen molar-refractivity contribution in [1.82, 2.24) is 0 Å². The van der Waals surface area contributed by atoms with Crippen LogP contribution in [0, 0.1) is 6.92 Å². The molecule has 1 aliphatic carbocycles. The fourth-order valence-electron chi connectivity index (χ4n) is 3.08. The monoisotopic (exact) mass is 314 g/mol. The van der Waals surface area contributed by atoms with Crippen molar-refractivity contribution in [3.63, 3.8) is 0 Å². The number of hydrogen-bond donors (Lipinski definition) is 0. The molecule has 2 aromatic rings. The van der Waals surface area contributed by atoms with Gasteiger partial charge in [-0.05, 0) is 42.9 Å². The molecule has 0 saturated heterocycles. The summed E-state index contributed by atoms with van der Waals surface area (Å²) in [6.07, 6.45) is 3.82. The maximum Gasteiger partial charge on any atom is 0.0463 e. The zero-order valence-corrected chi connectivity index (χ0v) is 12.9. The molecule has 2 atom stereocenters. The molecule has 0 aliphatic heterocycles. The van der Waals surface area contributed by atoms with Crippen molar-refractivity contribution in [3.05, 3.63) is 70.8 Å². The Morgan fingerprint density at radius 1 is 1.05 bits per heavy atom. The highest BCUT2D eigenvalue weighted by atomic mass is 79.9. The Hall–Kier alpha value is -1.08. The molecule has 0 amide bonds.